The van der Waals surface area contributed by atoms with Gasteiger partial charge in [-0.1, -0.05) is 6.07 Å². The van der Waals surface area contributed by atoms with E-state index in [0.29, 0.717) is 0 Å². The predicted molar refractivity (Wildman–Crippen MR) is 61.4 cm³/mol. The van der Waals surface area contributed by atoms with Crippen molar-refractivity contribution in [3.8, 4) is 0 Å². The molecule has 0 aliphatic heterocycles. The number of carbonyl (C=O) groups excluding carboxylic acids is 1. The van der Waals surface area contributed by atoms with Crippen molar-refractivity contribution in [2.45, 2.75) is 6.92 Å². The molecule has 0 unspecified atom stereocenters. The Morgan fingerprint density at radius 1 is 1.62 bits per heavy atom. The highest BCUT2D eigenvalue weighted by Crippen LogP contribution is 2.23. The zero-order chi connectivity index (χ0) is 9.84. The molecule has 1 aromatic rings. The SMILES string of the molecule is Cc1ccc(NC(=O)CS)c(Br)c1. The van der Waals surface area contributed by atoms with Crippen LogP contribution in [-0.2, 0) is 4.79 Å². The van der Waals surface area contributed by atoms with E-state index in [2.05, 4.69) is 33.9 Å². The number of hydrogen-bond acceptors (Lipinski definition) is 2. The van der Waals surface area contributed by atoms with Gasteiger partial charge in [-0.2, -0.15) is 12.6 Å². The fraction of sp³-hybridized carbons (Fsp3) is 0.222. The van der Waals surface area contributed by atoms with Crippen LogP contribution in [0.15, 0.2) is 22.7 Å². The second kappa shape index (κ2) is 4.67. The number of hydrogen-bond donors (Lipinski definition) is 2. The lowest BCUT2D eigenvalue weighted by Gasteiger charge is -2.06. The number of benzene rings is 1. The Bertz CT molecular complexity index is 327. The molecule has 0 spiro atoms. The molecular formula is C9H10BrNOS. The molecular weight excluding hydrogens is 250 g/mol. The van der Waals surface area contributed by atoms with Crippen LogP contribution in [0.1, 0.15) is 5.56 Å². The van der Waals surface area contributed by atoms with Crippen molar-refractivity contribution in [2.24, 2.45) is 0 Å². The minimum absolute atomic E-state index is 0.104. The minimum atomic E-state index is -0.104. The fourth-order valence-corrected chi connectivity index (χ4v) is 1.58. The minimum Gasteiger partial charge on any atom is -0.324 e. The summed E-state index contributed by atoms with van der Waals surface area (Å²) in [6.07, 6.45) is 0. The van der Waals surface area contributed by atoms with E-state index in [1.165, 1.54) is 0 Å². The van der Waals surface area contributed by atoms with Crippen LogP contribution in [0, 0.1) is 6.92 Å². The highest BCUT2D eigenvalue weighted by molar-refractivity contribution is 9.10. The summed E-state index contributed by atoms with van der Waals surface area (Å²) in [5, 5.41) is 2.72. The summed E-state index contributed by atoms with van der Waals surface area (Å²) in [6, 6.07) is 5.76. The number of amides is 1. The van der Waals surface area contributed by atoms with Crippen molar-refractivity contribution >= 4 is 40.2 Å². The first-order valence-corrected chi connectivity index (χ1v) is 5.23. The molecule has 4 heteroatoms. The maximum Gasteiger partial charge on any atom is 0.234 e. The fourth-order valence-electron chi connectivity index (χ4n) is 0.911. The van der Waals surface area contributed by atoms with Crippen LogP contribution in [0.2, 0.25) is 0 Å². The van der Waals surface area contributed by atoms with Gasteiger partial charge in [0.1, 0.15) is 0 Å². The van der Waals surface area contributed by atoms with Crippen LogP contribution < -0.4 is 5.32 Å². The van der Waals surface area contributed by atoms with E-state index in [0.717, 1.165) is 15.7 Å². The summed E-state index contributed by atoms with van der Waals surface area (Å²) >= 11 is 7.24. The quantitative estimate of drug-likeness (QED) is 0.786. The third-order valence-electron chi connectivity index (χ3n) is 1.54. The predicted octanol–water partition coefficient (Wildman–Crippen LogP) is 2.63. The van der Waals surface area contributed by atoms with Crippen LogP contribution in [0.25, 0.3) is 0 Å². The van der Waals surface area contributed by atoms with Gasteiger partial charge in [-0.15, -0.1) is 0 Å². The van der Waals surface area contributed by atoms with Gasteiger partial charge >= 0.3 is 0 Å². The van der Waals surface area contributed by atoms with Crippen LogP contribution in [0.4, 0.5) is 5.69 Å². The van der Waals surface area contributed by atoms with E-state index in [4.69, 9.17) is 0 Å². The Balaban J connectivity index is 2.83. The van der Waals surface area contributed by atoms with Gasteiger partial charge in [0, 0.05) is 4.47 Å². The molecule has 1 N–H and O–H groups in total. The number of aryl methyl sites for hydroxylation is 1. The van der Waals surface area contributed by atoms with Crippen LogP contribution >= 0.6 is 28.6 Å². The molecule has 0 aliphatic carbocycles. The average molecular weight is 260 g/mol. The summed E-state index contributed by atoms with van der Waals surface area (Å²) in [6.45, 7) is 2.00. The van der Waals surface area contributed by atoms with Crippen molar-refractivity contribution in [1.29, 1.82) is 0 Å². The Kier molecular flexibility index (Phi) is 3.81. The maximum atomic E-state index is 11.0. The first-order chi connectivity index (χ1) is 6.13. The second-order valence-corrected chi connectivity index (χ2v) is 3.86. The van der Waals surface area contributed by atoms with Crippen molar-refractivity contribution in [2.75, 3.05) is 11.1 Å². The van der Waals surface area contributed by atoms with Gasteiger partial charge in [-0.3, -0.25) is 4.79 Å². The lowest BCUT2D eigenvalue weighted by molar-refractivity contribution is -0.113. The molecule has 13 heavy (non-hydrogen) atoms. The molecule has 1 rings (SSSR count). The normalized spacial score (nSPS) is 9.77. The van der Waals surface area contributed by atoms with E-state index in [-0.39, 0.29) is 11.7 Å². The topological polar surface area (TPSA) is 29.1 Å². The Labute approximate surface area is 91.3 Å². The van der Waals surface area contributed by atoms with Crippen LogP contribution in [-0.4, -0.2) is 11.7 Å². The molecule has 0 fully saturated rings. The zero-order valence-electron chi connectivity index (χ0n) is 7.17. The number of halogens is 1. The number of thiol groups is 1. The monoisotopic (exact) mass is 259 g/mol. The number of anilines is 1. The zero-order valence-corrected chi connectivity index (χ0v) is 9.65. The Morgan fingerprint density at radius 2 is 2.31 bits per heavy atom. The van der Waals surface area contributed by atoms with Gasteiger partial charge < -0.3 is 5.32 Å². The van der Waals surface area contributed by atoms with Crippen molar-refractivity contribution in [1.82, 2.24) is 0 Å². The molecule has 2 nitrogen and oxygen atoms in total. The summed E-state index contributed by atoms with van der Waals surface area (Å²) in [5.74, 6) is 0.0909. The standard InChI is InChI=1S/C9H10BrNOS/c1-6-2-3-8(7(10)4-6)11-9(12)5-13/h2-4,13H,5H2,1H3,(H,11,12). The van der Waals surface area contributed by atoms with E-state index < -0.39 is 0 Å². The molecule has 0 saturated carbocycles. The van der Waals surface area contributed by atoms with Gasteiger partial charge in [-0.05, 0) is 40.5 Å². The van der Waals surface area contributed by atoms with Gasteiger partial charge in [0.2, 0.25) is 5.91 Å². The van der Waals surface area contributed by atoms with E-state index in [1.807, 2.05) is 25.1 Å². The summed E-state index contributed by atoms with van der Waals surface area (Å²) in [5.41, 5.74) is 1.93. The van der Waals surface area contributed by atoms with Crippen molar-refractivity contribution < 1.29 is 4.79 Å². The second-order valence-electron chi connectivity index (χ2n) is 2.69. The van der Waals surface area contributed by atoms with Gasteiger partial charge in [0.25, 0.3) is 0 Å². The first-order valence-electron chi connectivity index (χ1n) is 3.80. The lowest BCUT2D eigenvalue weighted by atomic mass is 10.2. The molecule has 0 aromatic heterocycles. The van der Waals surface area contributed by atoms with Gasteiger partial charge in [0.05, 0.1) is 11.4 Å². The molecule has 0 bridgehead atoms. The molecule has 0 radical (unpaired) electrons. The number of nitrogens with one attached hydrogen (secondary N) is 1. The van der Waals surface area contributed by atoms with Crippen LogP contribution in [0.3, 0.4) is 0 Å². The average Bonchev–Trinajstić information content (AvgIpc) is 2.09. The highest BCUT2D eigenvalue weighted by Gasteiger charge is 2.02. The van der Waals surface area contributed by atoms with Crippen molar-refractivity contribution in [3.05, 3.63) is 28.2 Å². The van der Waals surface area contributed by atoms with E-state index >= 15 is 0 Å². The number of rotatable bonds is 2. The third-order valence-corrected chi connectivity index (χ3v) is 2.49. The Morgan fingerprint density at radius 3 is 2.85 bits per heavy atom. The molecule has 0 heterocycles. The number of carbonyl (C=O) groups is 1. The maximum absolute atomic E-state index is 11.0. The van der Waals surface area contributed by atoms with E-state index in [9.17, 15) is 4.79 Å². The van der Waals surface area contributed by atoms with Crippen molar-refractivity contribution in [3.63, 3.8) is 0 Å². The molecule has 0 atom stereocenters. The summed E-state index contributed by atoms with van der Waals surface area (Å²) in [7, 11) is 0. The smallest absolute Gasteiger partial charge is 0.234 e. The molecule has 1 aromatic carbocycles. The summed E-state index contributed by atoms with van der Waals surface area (Å²) in [4.78, 5) is 11.0. The highest BCUT2D eigenvalue weighted by atomic mass is 79.9. The molecule has 1 amide bonds. The molecule has 0 aliphatic rings. The first kappa shape index (κ1) is 10.6. The third kappa shape index (κ3) is 3.04. The van der Waals surface area contributed by atoms with Gasteiger partial charge in [-0.25, -0.2) is 0 Å². The Hall–Kier alpha value is -0.480. The largest absolute Gasteiger partial charge is 0.324 e. The lowest BCUT2D eigenvalue weighted by Crippen LogP contribution is -2.12. The van der Waals surface area contributed by atoms with E-state index in [1.54, 1.807) is 0 Å². The summed E-state index contributed by atoms with van der Waals surface area (Å²) < 4.78 is 0.891. The van der Waals surface area contributed by atoms with Gasteiger partial charge in [0.15, 0.2) is 0 Å². The van der Waals surface area contributed by atoms with Crippen LogP contribution in [0.5, 0.6) is 0 Å². The molecule has 70 valence electrons. The molecule has 0 saturated heterocycles.